The van der Waals surface area contributed by atoms with Gasteiger partial charge in [-0.15, -0.1) is 22.7 Å². The number of nitrogens with zero attached hydrogens (tertiary/aromatic N) is 1. The van der Waals surface area contributed by atoms with Crippen LogP contribution in [0.1, 0.15) is 43.8 Å². The van der Waals surface area contributed by atoms with Gasteiger partial charge in [0, 0.05) is 22.7 Å². The molecule has 0 radical (unpaired) electrons. The summed E-state index contributed by atoms with van der Waals surface area (Å²) in [6.45, 7) is 2.72. The van der Waals surface area contributed by atoms with E-state index in [0.29, 0.717) is 22.7 Å². The van der Waals surface area contributed by atoms with Crippen LogP contribution in [-0.2, 0) is 0 Å². The molecule has 1 fully saturated rings. The molecule has 5 nitrogen and oxygen atoms in total. The normalized spacial score (nSPS) is 15.2. The smallest absolute Gasteiger partial charge is 0.265 e. The predicted molar refractivity (Wildman–Crippen MR) is 119 cm³/mol. The zero-order valence-corrected chi connectivity index (χ0v) is 17.6. The van der Waals surface area contributed by atoms with E-state index in [-0.39, 0.29) is 17.9 Å². The van der Waals surface area contributed by atoms with Crippen molar-refractivity contribution < 1.29 is 9.59 Å². The average Bonchev–Trinajstić information content (AvgIpc) is 3.51. The number of rotatable bonds is 7. The van der Waals surface area contributed by atoms with Crippen LogP contribution in [-0.4, -0.2) is 36.3 Å². The summed E-state index contributed by atoms with van der Waals surface area (Å²) in [5, 5.41) is 9.89. The maximum Gasteiger partial charge on any atom is 0.265 e. The number of hydrogen-bond donors (Lipinski definition) is 2. The molecule has 2 aromatic heterocycles. The van der Waals surface area contributed by atoms with Gasteiger partial charge in [0.05, 0.1) is 10.9 Å². The lowest BCUT2D eigenvalue weighted by Crippen LogP contribution is -2.36. The number of amides is 2. The Labute approximate surface area is 178 Å². The number of thiophene rings is 2. The molecule has 1 aliphatic heterocycles. The molecule has 0 aliphatic carbocycles. The number of benzene rings is 1. The molecule has 0 spiro atoms. The molecule has 3 aromatic rings. The van der Waals surface area contributed by atoms with Gasteiger partial charge < -0.3 is 10.6 Å². The van der Waals surface area contributed by atoms with Crippen LogP contribution in [0.5, 0.6) is 0 Å². The molecule has 29 heavy (non-hydrogen) atoms. The van der Waals surface area contributed by atoms with Crippen LogP contribution in [0.2, 0.25) is 0 Å². The molecule has 1 atom stereocenters. The SMILES string of the molecule is O=C(NC[C@@H](c1cccs1)N1CCCC1)c1cccc(NC(=O)c2cccs2)c1. The molecule has 7 heteroatoms. The maximum absolute atomic E-state index is 12.8. The number of hydrogen-bond acceptors (Lipinski definition) is 5. The summed E-state index contributed by atoms with van der Waals surface area (Å²) in [5.74, 6) is -0.290. The lowest BCUT2D eigenvalue weighted by Gasteiger charge is -2.27. The van der Waals surface area contributed by atoms with Crippen molar-refractivity contribution in [1.82, 2.24) is 10.2 Å². The Morgan fingerprint density at radius 1 is 0.966 bits per heavy atom. The summed E-state index contributed by atoms with van der Waals surface area (Å²) in [7, 11) is 0. The summed E-state index contributed by atoms with van der Waals surface area (Å²) >= 11 is 3.12. The molecule has 1 saturated heterocycles. The van der Waals surface area contributed by atoms with Crippen LogP contribution in [0.15, 0.2) is 59.3 Å². The Morgan fingerprint density at radius 2 is 1.76 bits per heavy atom. The van der Waals surface area contributed by atoms with Crippen molar-refractivity contribution in [2.45, 2.75) is 18.9 Å². The van der Waals surface area contributed by atoms with E-state index in [9.17, 15) is 9.59 Å². The van der Waals surface area contributed by atoms with E-state index in [4.69, 9.17) is 0 Å². The highest BCUT2D eigenvalue weighted by Crippen LogP contribution is 2.28. The number of nitrogens with one attached hydrogen (secondary N) is 2. The summed E-state index contributed by atoms with van der Waals surface area (Å²) in [4.78, 5) is 29.4. The van der Waals surface area contributed by atoms with Gasteiger partial charge in [-0.25, -0.2) is 0 Å². The first-order chi connectivity index (χ1) is 14.2. The van der Waals surface area contributed by atoms with Crippen LogP contribution in [0.3, 0.4) is 0 Å². The van der Waals surface area contributed by atoms with Gasteiger partial charge in [-0.3, -0.25) is 14.5 Å². The Morgan fingerprint density at radius 3 is 2.48 bits per heavy atom. The lowest BCUT2D eigenvalue weighted by atomic mass is 10.1. The summed E-state index contributed by atoms with van der Waals surface area (Å²) in [5.41, 5.74) is 1.16. The first-order valence-electron chi connectivity index (χ1n) is 9.71. The van der Waals surface area contributed by atoms with Gasteiger partial charge in [0.15, 0.2) is 0 Å². The second-order valence-electron chi connectivity index (χ2n) is 7.00. The fraction of sp³-hybridized carbons (Fsp3) is 0.273. The van der Waals surface area contributed by atoms with E-state index in [0.717, 1.165) is 13.1 Å². The summed E-state index contributed by atoms with van der Waals surface area (Å²) in [6, 6.07) is 15.1. The third-order valence-corrected chi connectivity index (χ3v) is 6.88. The average molecular weight is 426 g/mol. The highest BCUT2D eigenvalue weighted by Gasteiger charge is 2.24. The van der Waals surface area contributed by atoms with Crippen molar-refractivity contribution >= 4 is 40.2 Å². The fourth-order valence-electron chi connectivity index (χ4n) is 3.57. The third kappa shape index (κ3) is 4.93. The molecule has 0 bridgehead atoms. The van der Waals surface area contributed by atoms with Crippen LogP contribution >= 0.6 is 22.7 Å². The van der Waals surface area contributed by atoms with Crippen LogP contribution in [0.4, 0.5) is 5.69 Å². The first kappa shape index (κ1) is 19.8. The van der Waals surface area contributed by atoms with Gasteiger partial charge in [0.25, 0.3) is 11.8 Å². The zero-order valence-electron chi connectivity index (χ0n) is 16.0. The van der Waals surface area contributed by atoms with Crippen molar-refractivity contribution in [3.8, 4) is 0 Å². The molecule has 1 aliphatic rings. The van der Waals surface area contributed by atoms with E-state index < -0.39 is 0 Å². The molecule has 3 heterocycles. The lowest BCUT2D eigenvalue weighted by molar-refractivity contribution is 0.0937. The van der Waals surface area contributed by atoms with Gasteiger partial charge in [-0.05, 0) is 67.0 Å². The van der Waals surface area contributed by atoms with Crippen LogP contribution < -0.4 is 10.6 Å². The Bertz CT molecular complexity index is 948. The van der Waals surface area contributed by atoms with Crippen molar-refractivity contribution in [2.24, 2.45) is 0 Å². The van der Waals surface area contributed by atoms with Crippen molar-refractivity contribution in [3.63, 3.8) is 0 Å². The maximum atomic E-state index is 12.8. The number of likely N-dealkylation sites (tertiary alicyclic amines) is 1. The molecule has 2 N–H and O–H groups in total. The van der Waals surface area contributed by atoms with Gasteiger partial charge in [0.1, 0.15) is 0 Å². The van der Waals surface area contributed by atoms with E-state index >= 15 is 0 Å². The minimum atomic E-state index is -0.163. The highest BCUT2D eigenvalue weighted by atomic mass is 32.1. The van der Waals surface area contributed by atoms with Gasteiger partial charge in [-0.1, -0.05) is 18.2 Å². The summed E-state index contributed by atoms with van der Waals surface area (Å²) in [6.07, 6.45) is 2.42. The van der Waals surface area contributed by atoms with Crippen molar-refractivity contribution in [2.75, 3.05) is 25.0 Å². The zero-order chi connectivity index (χ0) is 20.1. The molecule has 0 saturated carbocycles. The molecule has 4 rings (SSSR count). The van der Waals surface area contributed by atoms with E-state index in [2.05, 4.69) is 33.0 Å². The van der Waals surface area contributed by atoms with Crippen molar-refractivity contribution in [1.29, 1.82) is 0 Å². The second-order valence-corrected chi connectivity index (χ2v) is 8.92. The standard InChI is InChI=1S/C22H23N3O2S2/c26-21(23-15-18(19-8-4-12-28-19)25-10-1-2-11-25)16-6-3-7-17(14-16)24-22(27)20-9-5-13-29-20/h3-9,12-14,18H,1-2,10-11,15H2,(H,23,26)(H,24,27)/t18-/m0/s1. The largest absolute Gasteiger partial charge is 0.350 e. The minimum absolute atomic E-state index is 0.127. The Balaban J connectivity index is 1.40. The highest BCUT2D eigenvalue weighted by molar-refractivity contribution is 7.12. The first-order valence-corrected chi connectivity index (χ1v) is 11.5. The quantitative estimate of drug-likeness (QED) is 0.580. The molecule has 2 amide bonds. The molecule has 0 unspecified atom stereocenters. The van der Waals surface area contributed by atoms with Crippen LogP contribution in [0.25, 0.3) is 0 Å². The van der Waals surface area contributed by atoms with Gasteiger partial charge in [-0.2, -0.15) is 0 Å². The third-order valence-electron chi connectivity index (χ3n) is 5.04. The van der Waals surface area contributed by atoms with E-state index in [1.807, 2.05) is 11.4 Å². The number of carbonyl (C=O) groups excluding carboxylic acids is 2. The van der Waals surface area contributed by atoms with E-state index in [1.54, 1.807) is 41.7 Å². The number of carbonyl (C=O) groups is 2. The molecular formula is C22H23N3O2S2. The predicted octanol–water partition coefficient (Wildman–Crippen LogP) is 4.63. The Hall–Kier alpha value is -2.48. The summed E-state index contributed by atoms with van der Waals surface area (Å²) < 4.78 is 0. The van der Waals surface area contributed by atoms with Gasteiger partial charge >= 0.3 is 0 Å². The monoisotopic (exact) mass is 425 g/mol. The van der Waals surface area contributed by atoms with Crippen molar-refractivity contribution in [3.05, 3.63) is 74.6 Å². The minimum Gasteiger partial charge on any atom is -0.350 e. The second kappa shape index (κ2) is 9.35. The fourth-order valence-corrected chi connectivity index (χ4v) is 5.05. The van der Waals surface area contributed by atoms with Gasteiger partial charge in [0.2, 0.25) is 0 Å². The number of anilines is 1. The molecular weight excluding hydrogens is 402 g/mol. The molecule has 150 valence electrons. The Kier molecular flexibility index (Phi) is 6.39. The molecule has 1 aromatic carbocycles. The van der Waals surface area contributed by atoms with Crippen LogP contribution in [0, 0.1) is 0 Å². The topological polar surface area (TPSA) is 61.4 Å². The van der Waals surface area contributed by atoms with E-state index in [1.165, 1.54) is 29.1 Å².